The molecule has 90 valence electrons. The first-order valence-corrected chi connectivity index (χ1v) is 5.91. The maximum absolute atomic E-state index is 4.14. The van der Waals surface area contributed by atoms with Crippen molar-refractivity contribution in [3.05, 3.63) is 12.4 Å². The van der Waals surface area contributed by atoms with E-state index >= 15 is 0 Å². The van der Waals surface area contributed by atoms with E-state index in [0.29, 0.717) is 0 Å². The van der Waals surface area contributed by atoms with E-state index in [1.165, 1.54) is 0 Å². The van der Waals surface area contributed by atoms with E-state index in [1.807, 2.05) is 20.2 Å². The van der Waals surface area contributed by atoms with Crippen molar-refractivity contribution in [2.45, 2.75) is 0 Å². The second kappa shape index (κ2) is 7.29. The van der Waals surface area contributed by atoms with Gasteiger partial charge in [0.1, 0.15) is 18.0 Å². The third-order valence-electron chi connectivity index (χ3n) is 1.95. The molecular formula is C10H19N5S. The van der Waals surface area contributed by atoms with E-state index in [9.17, 15) is 0 Å². The third-order valence-corrected chi connectivity index (χ3v) is 2.17. The van der Waals surface area contributed by atoms with Crippen molar-refractivity contribution in [3.63, 3.8) is 0 Å². The van der Waals surface area contributed by atoms with Gasteiger partial charge in [0.2, 0.25) is 0 Å². The van der Waals surface area contributed by atoms with Crippen LogP contribution in [0.15, 0.2) is 12.4 Å². The maximum Gasteiger partial charge on any atom is 0.131 e. The van der Waals surface area contributed by atoms with Gasteiger partial charge < -0.3 is 15.5 Å². The first kappa shape index (κ1) is 13.1. The number of anilines is 2. The number of hydrogen-bond donors (Lipinski definition) is 3. The molecule has 0 aliphatic heterocycles. The zero-order valence-corrected chi connectivity index (χ0v) is 10.7. The molecule has 0 saturated heterocycles. The summed E-state index contributed by atoms with van der Waals surface area (Å²) in [7, 11) is 4.09. The summed E-state index contributed by atoms with van der Waals surface area (Å²) >= 11 is 4.13. The van der Waals surface area contributed by atoms with Crippen molar-refractivity contribution in [2.24, 2.45) is 0 Å². The predicted octanol–water partition coefficient (Wildman–Crippen LogP) is 0.792. The monoisotopic (exact) mass is 241 g/mol. The minimum Gasteiger partial charge on any atom is -0.369 e. The molecule has 2 N–H and O–H groups in total. The molecule has 0 radical (unpaired) electrons. The molecule has 5 nitrogen and oxygen atoms in total. The molecule has 0 spiro atoms. The van der Waals surface area contributed by atoms with Gasteiger partial charge in [-0.1, -0.05) is 0 Å². The summed E-state index contributed by atoms with van der Waals surface area (Å²) in [6.07, 6.45) is 1.55. The number of thiol groups is 1. The Morgan fingerprint density at radius 3 is 2.38 bits per heavy atom. The van der Waals surface area contributed by atoms with Gasteiger partial charge in [-0.15, -0.1) is 0 Å². The Hall–Kier alpha value is -1.01. The quantitative estimate of drug-likeness (QED) is 0.616. The van der Waals surface area contributed by atoms with Crippen molar-refractivity contribution >= 4 is 24.3 Å². The molecule has 6 heteroatoms. The standard InChI is InChI=1S/C10H19N5S/c1-15(2)5-3-11-9-7-10(12-4-6-16)14-8-13-9/h7-8,16H,3-6H2,1-2H3,(H2,11,12,13,14). The molecule has 0 amide bonds. The number of aromatic nitrogens is 2. The lowest BCUT2D eigenvalue weighted by molar-refractivity contribution is 0.425. The van der Waals surface area contributed by atoms with Crippen LogP contribution in [0.25, 0.3) is 0 Å². The highest BCUT2D eigenvalue weighted by Crippen LogP contribution is 2.07. The second-order valence-corrected chi connectivity index (χ2v) is 4.12. The average Bonchev–Trinajstić information content (AvgIpc) is 2.26. The van der Waals surface area contributed by atoms with Gasteiger partial charge in [0.25, 0.3) is 0 Å². The minimum absolute atomic E-state index is 0.785. The zero-order valence-electron chi connectivity index (χ0n) is 9.77. The van der Waals surface area contributed by atoms with Crippen LogP contribution in [-0.2, 0) is 0 Å². The van der Waals surface area contributed by atoms with Crippen LogP contribution in [0.5, 0.6) is 0 Å². The van der Waals surface area contributed by atoms with Crippen LogP contribution >= 0.6 is 12.6 Å². The van der Waals surface area contributed by atoms with Crippen molar-refractivity contribution in [1.82, 2.24) is 14.9 Å². The minimum atomic E-state index is 0.785. The van der Waals surface area contributed by atoms with Gasteiger partial charge in [0, 0.05) is 31.5 Å². The number of hydrogen-bond acceptors (Lipinski definition) is 6. The molecule has 0 bridgehead atoms. The van der Waals surface area contributed by atoms with Crippen molar-refractivity contribution in [3.8, 4) is 0 Å². The van der Waals surface area contributed by atoms with E-state index in [0.717, 1.165) is 37.0 Å². The van der Waals surface area contributed by atoms with Crippen LogP contribution in [0.1, 0.15) is 0 Å². The lowest BCUT2D eigenvalue weighted by atomic mass is 10.5. The first-order valence-electron chi connectivity index (χ1n) is 5.27. The lowest BCUT2D eigenvalue weighted by Crippen LogP contribution is -2.21. The first-order chi connectivity index (χ1) is 7.72. The number of likely N-dealkylation sites (N-methyl/N-ethyl adjacent to an activating group) is 1. The fourth-order valence-corrected chi connectivity index (χ4v) is 1.25. The Labute approximate surface area is 102 Å². The third kappa shape index (κ3) is 5.18. The molecule has 1 heterocycles. The summed E-state index contributed by atoms with van der Waals surface area (Å²) in [6, 6.07) is 1.90. The molecule has 16 heavy (non-hydrogen) atoms. The fraction of sp³-hybridized carbons (Fsp3) is 0.600. The molecule has 0 aliphatic rings. The molecule has 0 aliphatic carbocycles. The van der Waals surface area contributed by atoms with Gasteiger partial charge in [-0.3, -0.25) is 0 Å². The molecule has 1 rings (SSSR count). The largest absolute Gasteiger partial charge is 0.369 e. The molecule has 0 unspecified atom stereocenters. The van der Waals surface area contributed by atoms with Gasteiger partial charge in [0.05, 0.1) is 0 Å². The van der Waals surface area contributed by atoms with Crippen LogP contribution in [-0.4, -0.2) is 54.4 Å². The van der Waals surface area contributed by atoms with Crippen molar-refractivity contribution < 1.29 is 0 Å². The Bertz CT molecular complexity index is 305. The molecule has 1 aromatic rings. The zero-order chi connectivity index (χ0) is 11.8. The van der Waals surface area contributed by atoms with Crippen LogP contribution in [0, 0.1) is 0 Å². The topological polar surface area (TPSA) is 53.1 Å². The average molecular weight is 241 g/mol. The summed E-state index contributed by atoms with van der Waals surface area (Å²) in [6.45, 7) is 2.65. The Morgan fingerprint density at radius 2 is 1.81 bits per heavy atom. The number of nitrogens with zero attached hydrogens (tertiary/aromatic N) is 3. The molecule has 0 saturated carbocycles. The highest BCUT2D eigenvalue weighted by molar-refractivity contribution is 7.80. The van der Waals surface area contributed by atoms with Crippen LogP contribution in [0.3, 0.4) is 0 Å². The molecule has 0 atom stereocenters. The van der Waals surface area contributed by atoms with Crippen LogP contribution < -0.4 is 10.6 Å². The summed E-state index contributed by atoms with van der Waals surface area (Å²) in [5, 5.41) is 6.40. The Kier molecular flexibility index (Phi) is 5.95. The van der Waals surface area contributed by atoms with Crippen LogP contribution in [0.4, 0.5) is 11.6 Å². The van der Waals surface area contributed by atoms with Gasteiger partial charge >= 0.3 is 0 Å². The summed E-state index contributed by atoms with van der Waals surface area (Å²) in [4.78, 5) is 10.4. The summed E-state index contributed by atoms with van der Waals surface area (Å²) in [5.41, 5.74) is 0. The van der Waals surface area contributed by atoms with Gasteiger partial charge in [-0.25, -0.2) is 9.97 Å². The van der Waals surface area contributed by atoms with Crippen molar-refractivity contribution in [1.29, 1.82) is 0 Å². The highest BCUT2D eigenvalue weighted by atomic mass is 32.1. The maximum atomic E-state index is 4.14. The molecular weight excluding hydrogens is 222 g/mol. The normalized spacial score (nSPS) is 10.5. The van der Waals surface area contributed by atoms with E-state index in [-0.39, 0.29) is 0 Å². The van der Waals surface area contributed by atoms with Gasteiger partial charge in [0.15, 0.2) is 0 Å². The van der Waals surface area contributed by atoms with E-state index < -0.39 is 0 Å². The number of rotatable bonds is 7. The van der Waals surface area contributed by atoms with Gasteiger partial charge in [-0.2, -0.15) is 12.6 Å². The second-order valence-electron chi connectivity index (χ2n) is 3.67. The summed E-state index contributed by atoms with van der Waals surface area (Å²) in [5.74, 6) is 2.46. The molecule has 0 aromatic carbocycles. The smallest absolute Gasteiger partial charge is 0.131 e. The summed E-state index contributed by atoms with van der Waals surface area (Å²) < 4.78 is 0. The van der Waals surface area contributed by atoms with Crippen LogP contribution in [0.2, 0.25) is 0 Å². The fourth-order valence-electron chi connectivity index (χ4n) is 1.14. The molecule has 0 fully saturated rings. The SMILES string of the molecule is CN(C)CCNc1cc(NCCS)ncn1. The number of nitrogens with one attached hydrogen (secondary N) is 2. The van der Waals surface area contributed by atoms with E-state index in [2.05, 4.69) is 38.1 Å². The Morgan fingerprint density at radius 1 is 1.19 bits per heavy atom. The Balaban J connectivity index is 2.40. The highest BCUT2D eigenvalue weighted by Gasteiger charge is 1.97. The predicted molar refractivity (Wildman–Crippen MR) is 71.4 cm³/mol. The molecule has 1 aromatic heterocycles. The van der Waals surface area contributed by atoms with E-state index in [4.69, 9.17) is 0 Å². The van der Waals surface area contributed by atoms with Gasteiger partial charge in [-0.05, 0) is 14.1 Å². The van der Waals surface area contributed by atoms with E-state index in [1.54, 1.807) is 6.33 Å². The van der Waals surface area contributed by atoms with Crippen molar-refractivity contribution in [2.75, 3.05) is 50.1 Å². The lowest BCUT2D eigenvalue weighted by Gasteiger charge is -2.11.